The van der Waals surface area contributed by atoms with Gasteiger partial charge >= 0.3 is 5.97 Å². The highest BCUT2D eigenvalue weighted by molar-refractivity contribution is 5.85. The van der Waals surface area contributed by atoms with E-state index in [1.54, 1.807) is 18.2 Å². The van der Waals surface area contributed by atoms with Gasteiger partial charge in [0.25, 0.3) is 0 Å². The molecule has 0 saturated carbocycles. The highest BCUT2D eigenvalue weighted by Crippen LogP contribution is 2.40. The van der Waals surface area contributed by atoms with Gasteiger partial charge in [0, 0.05) is 35.8 Å². The molecular weight excluding hydrogens is 517 g/mol. The van der Waals surface area contributed by atoms with Crippen molar-refractivity contribution in [3.8, 4) is 11.5 Å². The minimum absolute atomic E-state index is 0.0891. The Morgan fingerprint density at radius 1 is 1.13 bits per heavy atom. The molecule has 2 heterocycles. The van der Waals surface area contributed by atoms with Crippen LogP contribution in [0.3, 0.4) is 0 Å². The van der Waals surface area contributed by atoms with Crippen LogP contribution in [0.1, 0.15) is 42.9 Å². The lowest BCUT2D eigenvalue weighted by Crippen LogP contribution is -2.45. The summed E-state index contributed by atoms with van der Waals surface area (Å²) in [5, 5.41) is 31.8. The monoisotopic (exact) mass is 548 g/mol. The molecule has 1 aliphatic heterocycles. The fourth-order valence-corrected chi connectivity index (χ4v) is 5.12. The average molecular weight is 549 g/mol. The number of methoxy groups -OCH3 is 1. The van der Waals surface area contributed by atoms with Crippen LogP contribution in [0.25, 0.3) is 10.9 Å². The topological polar surface area (TPSA) is 112 Å². The summed E-state index contributed by atoms with van der Waals surface area (Å²) in [5.41, 5.74) is 0.548. The van der Waals surface area contributed by atoms with E-state index in [9.17, 15) is 33.3 Å². The van der Waals surface area contributed by atoms with E-state index < -0.39 is 34.9 Å². The van der Waals surface area contributed by atoms with Crippen molar-refractivity contribution >= 4 is 16.9 Å². The minimum Gasteiger partial charge on any atom is -0.497 e. The second-order valence-corrected chi connectivity index (χ2v) is 9.77. The number of hydrogen-bond donors (Lipinski definition) is 3. The van der Waals surface area contributed by atoms with E-state index in [1.807, 2.05) is 4.90 Å². The van der Waals surface area contributed by atoms with Gasteiger partial charge in [-0.05, 0) is 62.5 Å². The van der Waals surface area contributed by atoms with Crippen LogP contribution in [0, 0.1) is 22.9 Å². The Bertz CT molecular complexity index is 1300. The number of hydrogen-bond acceptors (Lipinski definition) is 7. The number of fused-ring (bicyclic) bond motifs is 1. The molecule has 1 aliphatic rings. The van der Waals surface area contributed by atoms with Crippen molar-refractivity contribution in [2.45, 2.75) is 38.4 Å². The Morgan fingerprint density at radius 2 is 1.82 bits per heavy atom. The van der Waals surface area contributed by atoms with Crippen LogP contribution in [-0.2, 0) is 11.4 Å². The number of benzene rings is 2. The summed E-state index contributed by atoms with van der Waals surface area (Å²) in [5.74, 6) is -4.71. The number of carbonyl (C=O) groups is 1. The molecule has 1 atom stereocenters. The molecule has 0 aliphatic carbocycles. The molecule has 210 valence electrons. The Hall–Kier alpha value is -3.41. The lowest BCUT2D eigenvalue weighted by atomic mass is 9.74. The Balaban J connectivity index is 1.38. The van der Waals surface area contributed by atoms with E-state index in [-0.39, 0.29) is 31.8 Å². The van der Waals surface area contributed by atoms with Gasteiger partial charge < -0.3 is 24.8 Å². The van der Waals surface area contributed by atoms with Gasteiger partial charge in [0.1, 0.15) is 18.1 Å². The zero-order valence-corrected chi connectivity index (χ0v) is 21.5. The number of aliphatic hydroxyl groups excluding tert-OH is 2. The molecule has 39 heavy (non-hydrogen) atoms. The van der Waals surface area contributed by atoms with Crippen LogP contribution in [0.15, 0.2) is 36.5 Å². The molecule has 0 spiro atoms. The number of halogens is 3. The number of pyridine rings is 1. The normalized spacial score (nSPS) is 16.3. The largest absolute Gasteiger partial charge is 0.497 e. The average Bonchev–Trinajstić information content (AvgIpc) is 2.94. The third kappa shape index (κ3) is 6.26. The molecule has 3 N–H and O–H groups in total. The van der Waals surface area contributed by atoms with E-state index in [2.05, 4.69) is 4.98 Å². The number of rotatable bonds is 11. The number of ether oxygens (including phenoxy) is 2. The zero-order valence-electron chi connectivity index (χ0n) is 21.5. The standard InChI is InChI=1S/C28H31F3N2O6/c1-38-18-2-3-23-20(12-18)25(17(16-34)15-32-23)24(35)4-5-28(27(36)37)6-8-33(9-7-28)10-11-39-19-13-21(29)26(31)22(30)14-19/h2-3,12-15,24,34-35H,4-11,16H2,1H3,(H,36,37). The number of aliphatic carboxylic acids is 1. The van der Waals surface area contributed by atoms with Crippen LogP contribution < -0.4 is 9.47 Å². The molecule has 0 bridgehead atoms. The molecule has 4 rings (SSSR count). The van der Waals surface area contributed by atoms with Gasteiger partial charge in [-0.1, -0.05) is 0 Å². The summed E-state index contributed by atoms with van der Waals surface area (Å²) in [6.45, 7) is 1.06. The fraction of sp³-hybridized carbons (Fsp3) is 0.429. The van der Waals surface area contributed by atoms with E-state index in [0.717, 1.165) is 12.1 Å². The maximum absolute atomic E-state index is 13.4. The number of piperidine rings is 1. The summed E-state index contributed by atoms with van der Waals surface area (Å²) >= 11 is 0. The van der Waals surface area contributed by atoms with Gasteiger partial charge in [0.05, 0.1) is 30.8 Å². The van der Waals surface area contributed by atoms with Crippen molar-refractivity contribution in [2.24, 2.45) is 5.41 Å². The third-order valence-corrected chi connectivity index (χ3v) is 7.50. The Labute approximate surface area is 223 Å². The van der Waals surface area contributed by atoms with Crippen LogP contribution in [0.4, 0.5) is 13.2 Å². The summed E-state index contributed by atoms with van der Waals surface area (Å²) in [6, 6.07) is 6.80. The molecule has 2 aromatic carbocycles. The smallest absolute Gasteiger partial charge is 0.309 e. The van der Waals surface area contributed by atoms with Crippen LogP contribution >= 0.6 is 0 Å². The zero-order chi connectivity index (χ0) is 28.2. The first-order valence-electron chi connectivity index (χ1n) is 12.6. The fourth-order valence-electron chi connectivity index (χ4n) is 5.12. The number of carboxylic acids is 1. The lowest BCUT2D eigenvalue weighted by molar-refractivity contribution is -0.153. The molecule has 8 nitrogen and oxygen atoms in total. The van der Waals surface area contributed by atoms with Gasteiger partial charge in [0.15, 0.2) is 17.5 Å². The van der Waals surface area contributed by atoms with Crippen molar-refractivity contribution in [1.82, 2.24) is 9.88 Å². The molecule has 0 amide bonds. The van der Waals surface area contributed by atoms with E-state index in [0.29, 0.717) is 60.3 Å². The van der Waals surface area contributed by atoms with Crippen LogP contribution in [0.2, 0.25) is 0 Å². The number of aromatic nitrogens is 1. The number of carboxylic acid groups (broad SMARTS) is 1. The second kappa shape index (κ2) is 12.2. The molecule has 1 unspecified atom stereocenters. The number of likely N-dealkylation sites (tertiary alicyclic amines) is 1. The molecule has 1 aromatic heterocycles. The quantitative estimate of drug-likeness (QED) is 0.306. The SMILES string of the molecule is COc1ccc2ncc(CO)c(C(O)CCC3(C(=O)O)CCN(CCOc4cc(F)c(F)c(F)c4)CC3)c2c1. The van der Waals surface area contributed by atoms with Gasteiger partial charge in [-0.25, -0.2) is 13.2 Å². The minimum atomic E-state index is -1.56. The van der Waals surface area contributed by atoms with Crippen molar-refractivity contribution in [1.29, 1.82) is 0 Å². The van der Waals surface area contributed by atoms with Gasteiger partial charge in [-0.2, -0.15) is 0 Å². The predicted octanol–water partition coefficient (Wildman–Crippen LogP) is 4.21. The first-order valence-corrected chi connectivity index (χ1v) is 12.6. The second-order valence-electron chi connectivity index (χ2n) is 9.77. The predicted molar refractivity (Wildman–Crippen MR) is 136 cm³/mol. The lowest BCUT2D eigenvalue weighted by Gasteiger charge is -2.39. The summed E-state index contributed by atoms with van der Waals surface area (Å²) in [6.07, 6.45) is 1.56. The Kier molecular flexibility index (Phi) is 8.94. The van der Waals surface area contributed by atoms with Crippen molar-refractivity contribution in [3.63, 3.8) is 0 Å². The maximum Gasteiger partial charge on any atom is 0.309 e. The number of aliphatic hydroxyl groups is 2. The number of nitrogens with zero attached hydrogens (tertiary/aromatic N) is 2. The van der Waals surface area contributed by atoms with E-state index >= 15 is 0 Å². The maximum atomic E-state index is 13.4. The highest BCUT2D eigenvalue weighted by atomic mass is 19.2. The van der Waals surface area contributed by atoms with Crippen LogP contribution in [-0.4, -0.2) is 64.5 Å². The van der Waals surface area contributed by atoms with Gasteiger partial charge in [0.2, 0.25) is 0 Å². The molecular formula is C28H31F3N2O6. The van der Waals surface area contributed by atoms with Crippen molar-refractivity contribution in [2.75, 3.05) is 33.4 Å². The summed E-state index contributed by atoms with van der Waals surface area (Å²) in [4.78, 5) is 18.7. The summed E-state index contributed by atoms with van der Waals surface area (Å²) in [7, 11) is 1.53. The molecule has 1 saturated heterocycles. The molecule has 3 aromatic rings. The van der Waals surface area contributed by atoms with E-state index in [4.69, 9.17) is 9.47 Å². The van der Waals surface area contributed by atoms with Crippen molar-refractivity contribution in [3.05, 3.63) is 65.1 Å². The molecule has 1 fully saturated rings. The summed E-state index contributed by atoms with van der Waals surface area (Å²) < 4.78 is 50.5. The van der Waals surface area contributed by atoms with Gasteiger partial charge in [-0.3, -0.25) is 14.7 Å². The first-order chi connectivity index (χ1) is 18.7. The highest BCUT2D eigenvalue weighted by Gasteiger charge is 2.41. The van der Waals surface area contributed by atoms with Gasteiger partial charge in [-0.15, -0.1) is 0 Å². The van der Waals surface area contributed by atoms with Crippen LogP contribution in [0.5, 0.6) is 11.5 Å². The molecule has 0 radical (unpaired) electrons. The third-order valence-electron chi connectivity index (χ3n) is 7.50. The van der Waals surface area contributed by atoms with Crippen molar-refractivity contribution < 1.29 is 42.8 Å². The molecule has 11 heteroatoms. The van der Waals surface area contributed by atoms with E-state index in [1.165, 1.54) is 13.3 Å². The Morgan fingerprint density at radius 3 is 2.44 bits per heavy atom. The first kappa shape index (κ1) is 28.6.